The van der Waals surface area contributed by atoms with Gasteiger partial charge in [-0.1, -0.05) is 12.7 Å². The van der Waals surface area contributed by atoms with Crippen molar-refractivity contribution in [1.29, 1.82) is 0 Å². The van der Waals surface area contributed by atoms with Crippen LogP contribution in [0.1, 0.15) is 20.3 Å². The maximum atomic E-state index is 10.8. The van der Waals surface area contributed by atoms with E-state index < -0.39 is 0 Å². The minimum atomic E-state index is -0.356. The topological polar surface area (TPSA) is 52.6 Å². The van der Waals surface area contributed by atoms with E-state index in [0.717, 1.165) is 18.8 Å². The van der Waals surface area contributed by atoms with Gasteiger partial charge in [-0.15, -0.1) is 0 Å². The van der Waals surface area contributed by atoms with E-state index in [1.807, 2.05) is 0 Å². The van der Waals surface area contributed by atoms with E-state index in [4.69, 9.17) is 9.16 Å². The van der Waals surface area contributed by atoms with Gasteiger partial charge in [0.25, 0.3) is 0 Å². The molecule has 0 aliphatic carbocycles. The van der Waals surface area contributed by atoms with Gasteiger partial charge in [0.1, 0.15) is 6.29 Å². The second-order valence-corrected chi connectivity index (χ2v) is 4.97. The zero-order chi connectivity index (χ0) is 13.5. The number of carbonyl (C=O) groups is 2. The highest BCUT2D eigenvalue weighted by molar-refractivity contribution is 6.26. The number of ether oxygens (including phenoxy) is 1. The van der Waals surface area contributed by atoms with Crippen LogP contribution in [0.25, 0.3) is 0 Å². The smallest absolute Gasteiger partial charge is 0.333 e. The Morgan fingerprint density at radius 3 is 2.47 bits per heavy atom. The Morgan fingerprint density at radius 2 is 2.12 bits per heavy atom. The van der Waals surface area contributed by atoms with E-state index in [9.17, 15) is 9.59 Å². The molecule has 0 aromatic heterocycles. The van der Waals surface area contributed by atoms with E-state index in [2.05, 4.69) is 6.58 Å². The predicted molar refractivity (Wildman–Crippen MR) is 71.6 cm³/mol. The molecule has 0 atom stereocenters. The first-order valence-corrected chi connectivity index (χ1v) is 7.05. The monoisotopic (exact) mass is 258 g/mol. The Kier molecular flexibility index (Phi) is 15.8. The summed E-state index contributed by atoms with van der Waals surface area (Å²) in [5.41, 5.74) is 0.457. The van der Waals surface area contributed by atoms with Crippen molar-refractivity contribution in [3.8, 4) is 0 Å². The first kappa shape index (κ1) is 18.2. The Hall–Kier alpha value is -1.20. The number of hydrogen-bond acceptors (Lipinski definition) is 4. The third kappa shape index (κ3) is 17.4. The summed E-state index contributed by atoms with van der Waals surface area (Å²) in [4.78, 5) is 20.2. The molecule has 5 heteroatoms. The molecule has 0 aliphatic heterocycles. The predicted octanol–water partition coefficient (Wildman–Crippen LogP) is 1.41. The van der Waals surface area contributed by atoms with Crippen molar-refractivity contribution in [2.45, 2.75) is 26.3 Å². The van der Waals surface area contributed by atoms with Crippen LogP contribution in [0, 0.1) is 0 Å². The lowest BCUT2D eigenvalue weighted by Crippen LogP contribution is -2.07. The number of rotatable bonds is 7. The van der Waals surface area contributed by atoms with Gasteiger partial charge in [-0.3, -0.25) is 4.79 Å². The third-order valence-electron chi connectivity index (χ3n) is 1.60. The third-order valence-corrected chi connectivity index (χ3v) is 2.79. The summed E-state index contributed by atoms with van der Waals surface area (Å²) in [6.45, 7) is 7.41. The highest BCUT2D eigenvalue weighted by atomic mass is 28.2. The van der Waals surface area contributed by atoms with Crippen LogP contribution in [0.2, 0.25) is 6.04 Å². The summed E-state index contributed by atoms with van der Waals surface area (Å²) in [7, 11) is 1.36. The van der Waals surface area contributed by atoms with E-state index in [-0.39, 0.29) is 15.7 Å². The van der Waals surface area contributed by atoms with Crippen LogP contribution in [0.3, 0.4) is 0 Å². The summed E-state index contributed by atoms with van der Waals surface area (Å²) in [5.74, 6) is -0.297. The van der Waals surface area contributed by atoms with Gasteiger partial charge < -0.3 is 9.16 Å². The lowest BCUT2D eigenvalue weighted by atomic mass is 10.4. The standard InChI is InChI=1S/C8H16O3Si.C4H6O/c1-7(2)8(9)11-5-4-6-12-10-3;1-2-3-4-5/h1,4-6,12H2,2-3H3;2-4H,1H3. The van der Waals surface area contributed by atoms with Gasteiger partial charge in [-0.2, -0.15) is 0 Å². The quantitative estimate of drug-likeness (QED) is 0.228. The molecule has 0 fully saturated rings. The first-order valence-electron chi connectivity index (χ1n) is 5.48. The van der Waals surface area contributed by atoms with Crippen molar-refractivity contribution < 1.29 is 18.8 Å². The van der Waals surface area contributed by atoms with Crippen molar-refractivity contribution in [2.24, 2.45) is 0 Å². The van der Waals surface area contributed by atoms with E-state index in [0.29, 0.717) is 12.2 Å². The van der Waals surface area contributed by atoms with Crippen molar-refractivity contribution in [3.63, 3.8) is 0 Å². The molecule has 0 saturated carbocycles. The van der Waals surface area contributed by atoms with Crippen molar-refractivity contribution in [2.75, 3.05) is 13.7 Å². The largest absolute Gasteiger partial charge is 0.462 e. The fourth-order valence-electron chi connectivity index (χ4n) is 0.715. The maximum absolute atomic E-state index is 10.8. The molecule has 0 bridgehead atoms. The highest BCUT2D eigenvalue weighted by Crippen LogP contribution is 1.95. The molecule has 0 heterocycles. The van der Waals surface area contributed by atoms with E-state index in [1.165, 1.54) is 6.08 Å². The van der Waals surface area contributed by atoms with Crippen LogP contribution in [-0.2, 0) is 18.8 Å². The summed E-state index contributed by atoms with van der Waals surface area (Å²) in [6.07, 6.45) is 4.78. The molecule has 0 aliphatic rings. The molecule has 0 aromatic carbocycles. The van der Waals surface area contributed by atoms with Gasteiger partial charge in [0.2, 0.25) is 0 Å². The Morgan fingerprint density at radius 1 is 1.47 bits per heavy atom. The first-order chi connectivity index (χ1) is 8.09. The highest BCUT2D eigenvalue weighted by Gasteiger charge is 2.01. The number of allylic oxidation sites excluding steroid dienone is 2. The summed E-state index contributed by atoms with van der Waals surface area (Å²) < 4.78 is 9.86. The van der Waals surface area contributed by atoms with Crippen LogP contribution < -0.4 is 0 Å². The minimum Gasteiger partial charge on any atom is -0.462 e. The number of hydrogen-bond donors (Lipinski definition) is 0. The van der Waals surface area contributed by atoms with Crippen molar-refractivity contribution in [3.05, 3.63) is 24.3 Å². The molecule has 4 nitrogen and oxygen atoms in total. The van der Waals surface area contributed by atoms with E-state index >= 15 is 0 Å². The molecule has 0 radical (unpaired) electrons. The van der Waals surface area contributed by atoms with Gasteiger partial charge in [0, 0.05) is 12.7 Å². The van der Waals surface area contributed by atoms with Crippen LogP contribution in [0.4, 0.5) is 0 Å². The van der Waals surface area contributed by atoms with Gasteiger partial charge in [0.05, 0.1) is 6.61 Å². The van der Waals surface area contributed by atoms with E-state index in [1.54, 1.807) is 27.0 Å². The molecule has 17 heavy (non-hydrogen) atoms. The lowest BCUT2D eigenvalue weighted by molar-refractivity contribution is -0.138. The molecular formula is C12H22O4Si. The number of esters is 1. The van der Waals surface area contributed by atoms with Crippen LogP contribution in [-0.4, -0.2) is 35.7 Å². The number of aldehydes is 1. The molecular weight excluding hydrogens is 236 g/mol. The zero-order valence-corrected chi connectivity index (χ0v) is 12.3. The van der Waals surface area contributed by atoms with Crippen molar-refractivity contribution >= 4 is 22.0 Å². The minimum absolute atomic E-state index is 0.297. The molecule has 0 unspecified atom stereocenters. The lowest BCUT2D eigenvalue weighted by Gasteiger charge is -2.02. The molecule has 0 amide bonds. The molecule has 0 spiro atoms. The summed E-state index contributed by atoms with van der Waals surface area (Å²) >= 11 is 0. The van der Waals surface area contributed by atoms with Crippen LogP contribution in [0.15, 0.2) is 24.3 Å². The van der Waals surface area contributed by atoms with Gasteiger partial charge >= 0.3 is 5.97 Å². The normalized spacial score (nSPS) is 10.1. The fraction of sp³-hybridized carbons (Fsp3) is 0.500. The van der Waals surface area contributed by atoms with Crippen molar-refractivity contribution in [1.82, 2.24) is 0 Å². The average Bonchev–Trinajstić information content (AvgIpc) is 2.30. The number of carbonyl (C=O) groups excluding carboxylic acids is 2. The maximum Gasteiger partial charge on any atom is 0.333 e. The molecule has 98 valence electrons. The van der Waals surface area contributed by atoms with Crippen LogP contribution in [0.5, 0.6) is 0 Å². The SMILES string of the molecule is C=C(C)C(=O)OCCC[SiH2]OC.CC=CC=O. The Bertz CT molecular complexity index is 249. The van der Waals surface area contributed by atoms with Gasteiger partial charge in [-0.25, -0.2) is 4.79 Å². The summed E-state index contributed by atoms with van der Waals surface area (Å²) in [6, 6.07) is 1.06. The van der Waals surface area contributed by atoms with Crippen LogP contribution >= 0.6 is 0 Å². The Labute approximate surface area is 106 Å². The molecule has 0 N–H and O–H groups in total. The fourth-order valence-corrected chi connectivity index (χ4v) is 1.41. The second-order valence-electron chi connectivity index (χ2n) is 3.28. The molecule has 0 rings (SSSR count). The summed E-state index contributed by atoms with van der Waals surface area (Å²) in [5, 5.41) is 0. The Balaban J connectivity index is 0. The van der Waals surface area contributed by atoms with Gasteiger partial charge in [0.15, 0.2) is 9.76 Å². The molecule has 0 saturated heterocycles. The molecule has 0 aromatic rings. The average molecular weight is 258 g/mol. The van der Waals surface area contributed by atoms with Gasteiger partial charge in [-0.05, 0) is 32.4 Å². The second kappa shape index (κ2) is 14.8. The zero-order valence-electron chi connectivity index (χ0n) is 10.9.